The summed E-state index contributed by atoms with van der Waals surface area (Å²) in [6.45, 7) is 0. The Hall–Kier alpha value is -1.26. The van der Waals surface area contributed by atoms with Gasteiger partial charge >= 0.3 is 0 Å². The van der Waals surface area contributed by atoms with Crippen LogP contribution < -0.4 is 10.6 Å². The Balaban J connectivity index is 0.00000161. The quantitative estimate of drug-likeness (QED) is 0.501. The molecule has 0 aliphatic carbocycles. The van der Waals surface area contributed by atoms with Gasteiger partial charge in [-0.05, 0) is 24.1 Å². The molecule has 0 atom stereocenters. The van der Waals surface area contributed by atoms with Crippen LogP contribution in [0.4, 0.5) is 0 Å². The van der Waals surface area contributed by atoms with E-state index in [1.807, 2.05) is 0 Å². The number of rotatable bonds is 4. The van der Waals surface area contributed by atoms with Crippen molar-refractivity contribution >= 4 is 18.5 Å². The maximum Gasteiger partial charge on any atom is 0.000743 e. The van der Waals surface area contributed by atoms with Crippen LogP contribution in [0.5, 0.6) is 0 Å². The first kappa shape index (κ1) is 16.1. The van der Waals surface area contributed by atoms with Gasteiger partial charge in [-0.3, -0.25) is 0 Å². The Kier molecular flexibility index (Phi) is 6.33. The molecule has 0 saturated heterocycles. The Bertz CT molecular complexity index is 599. The van der Waals surface area contributed by atoms with Crippen LogP contribution in [0, 0.1) is 0 Å². The van der Waals surface area contributed by atoms with Crippen molar-refractivity contribution in [1.82, 2.24) is 0 Å². The normalized spacial score (nSPS) is 10.1. The van der Waals surface area contributed by atoms with Gasteiger partial charge in [0, 0.05) is 26.3 Å². The molecule has 0 fully saturated rings. The third kappa shape index (κ3) is 4.35. The average Bonchev–Trinajstić information content (AvgIpc) is 2.55. The van der Waals surface area contributed by atoms with Crippen LogP contribution in [-0.2, 0) is 26.3 Å². The summed E-state index contributed by atoms with van der Waals surface area (Å²) in [5.74, 6) is 0. The zero-order chi connectivity index (χ0) is 13.6. The van der Waals surface area contributed by atoms with Gasteiger partial charge in [-0.25, -0.2) is 0 Å². The first-order valence-electron chi connectivity index (χ1n) is 6.85. The first-order chi connectivity index (χ1) is 9.93. The standard InChI is InChI=1S/C19H17P.Ir/c1-4-10-17(11-5-1)16-20(18-12-6-2-7-13-18)19-14-8-3-9-15-19;/h1-15H,16H2;. The molecule has 0 nitrogen and oxygen atoms in total. The smallest absolute Gasteiger partial charge is 0.000743 e. The Morgan fingerprint density at radius 3 is 1.33 bits per heavy atom. The second kappa shape index (κ2) is 8.25. The van der Waals surface area contributed by atoms with Gasteiger partial charge in [-0.1, -0.05) is 91.0 Å². The molecule has 0 amide bonds. The largest absolute Gasteiger partial charge is 0.0622 e. The molecule has 0 aliphatic heterocycles. The van der Waals surface area contributed by atoms with Crippen LogP contribution in [0.2, 0.25) is 0 Å². The van der Waals surface area contributed by atoms with Gasteiger partial charge in [0.15, 0.2) is 0 Å². The number of hydrogen-bond donors (Lipinski definition) is 0. The maximum absolute atomic E-state index is 2.25. The van der Waals surface area contributed by atoms with Gasteiger partial charge in [-0.2, -0.15) is 0 Å². The Morgan fingerprint density at radius 2 is 0.905 bits per heavy atom. The third-order valence-corrected chi connectivity index (χ3v) is 5.84. The monoisotopic (exact) mass is 469 g/mol. The summed E-state index contributed by atoms with van der Waals surface area (Å²) in [6.07, 6.45) is 1.10. The second-order valence-corrected chi connectivity index (χ2v) is 6.95. The zero-order valence-corrected chi connectivity index (χ0v) is 14.9. The molecule has 0 unspecified atom stereocenters. The van der Waals surface area contributed by atoms with E-state index < -0.39 is 0 Å². The van der Waals surface area contributed by atoms with Crippen LogP contribution in [0.3, 0.4) is 0 Å². The molecule has 0 N–H and O–H groups in total. The van der Waals surface area contributed by atoms with Crippen molar-refractivity contribution in [3.63, 3.8) is 0 Å². The van der Waals surface area contributed by atoms with Crippen molar-refractivity contribution in [1.29, 1.82) is 0 Å². The summed E-state index contributed by atoms with van der Waals surface area (Å²) in [5.41, 5.74) is 1.41. The van der Waals surface area contributed by atoms with Crippen molar-refractivity contribution in [3.05, 3.63) is 96.6 Å². The van der Waals surface area contributed by atoms with Gasteiger partial charge in [0.25, 0.3) is 0 Å². The van der Waals surface area contributed by atoms with Gasteiger partial charge in [-0.15, -0.1) is 0 Å². The minimum absolute atomic E-state index is 0. The fourth-order valence-electron chi connectivity index (χ4n) is 2.31. The van der Waals surface area contributed by atoms with E-state index in [4.69, 9.17) is 0 Å². The third-order valence-electron chi connectivity index (χ3n) is 3.32. The minimum atomic E-state index is -0.327. The van der Waals surface area contributed by atoms with Crippen LogP contribution in [-0.4, -0.2) is 0 Å². The molecule has 0 saturated carbocycles. The molecule has 3 aromatic rings. The molecule has 0 spiro atoms. The van der Waals surface area contributed by atoms with E-state index in [0.717, 1.165) is 6.16 Å². The molecule has 0 aromatic heterocycles. The van der Waals surface area contributed by atoms with Crippen molar-refractivity contribution in [2.45, 2.75) is 6.16 Å². The summed E-state index contributed by atoms with van der Waals surface area (Å²) in [6, 6.07) is 32.5. The minimum Gasteiger partial charge on any atom is -0.0622 e. The van der Waals surface area contributed by atoms with Crippen molar-refractivity contribution in [2.24, 2.45) is 0 Å². The molecule has 1 radical (unpaired) electrons. The van der Waals surface area contributed by atoms with E-state index in [1.165, 1.54) is 16.2 Å². The van der Waals surface area contributed by atoms with Gasteiger partial charge in [0.2, 0.25) is 0 Å². The molecule has 21 heavy (non-hydrogen) atoms. The van der Waals surface area contributed by atoms with Crippen LogP contribution in [0.25, 0.3) is 0 Å². The van der Waals surface area contributed by atoms with E-state index in [2.05, 4.69) is 91.0 Å². The SMILES string of the molecule is [Ir].c1ccc(CP(c2ccccc2)c2ccccc2)cc1. The summed E-state index contributed by atoms with van der Waals surface area (Å²) >= 11 is 0. The number of hydrogen-bond acceptors (Lipinski definition) is 0. The van der Waals surface area contributed by atoms with Crippen LogP contribution in [0.1, 0.15) is 5.56 Å². The fraction of sp³-hybridized carbons (Fsp3) is 0.0526. The van der Waals surface area contributed by atoms with Gasteiger partial charge in [0.1, 0.15) is 0 Å². The molecular formula is C19H17IrP. The van der Waals surface area contributed by atoms with E-state index >= 15 is 0 Å². The van der Waals surface area contributed by atoms with Crippen LogP contribution >= 0.6 is 7.92 Å². The van der Waals surface area contributed by atoms with Gasteiger partial charge < -0.3 is 0 Å². The summed E-state index contributed by atoms with van der Waals surface area (Å²) in [5, 5.41) is 2.88. The fourth-order valence-corrected chi connectivity index (χ4v) is 4.62. The van der Waals surface area contributed by atoms with E-state index in [-0.39, 0.29) is 28.0 Å². The molecule has 0 aliphatic rings. The van der Waals surface area contributed by atoms with Gasteiger partial charge in [0.05, 0.1) is 0 Å². The summed E-state index contributed by atoms with van der Waals surface area (Å²) in [7, 11) is -0.327. The summed E-state index contributed by atoms with van der Waals surface area (Å²) < 4.78 is 0. The predicted molar refractivity (Wildman–Crippen MR) is 89.2 cm³/mol. The molecule has 2 heteroatoms. The average molecular weight is 469 g/mol. The molecule has 3 aromatic carbocycles. The van der Waals surface area contributed by atoms with E-state index in [0.29, 0.717) is 0 Å². The molecule has 0 bridgehead atoms. The second-order valence-electron chi connectivity index (χ2n) is 4.74. The van der Waals surface area contributed by atoms with E-state index in [1.54, 1.807) is 0 Å². The van der Waals surface area contributed by atoms with Crippen molar-refractivity contribution < 1.29 is 20.1 Å². The Morgan fingerprint density at radius 1 is 0.524 bits per heavy atom. The summed E-state index contributed by atoms with van der Waals surface area (Å²) in [4.78, 5) is 0. The van der Waals surface area contributed by atoms with Crippen LogP contribution in [0.15, 0.2) is 91.0 Å². The molecule has 0 heterocycles. The zero-order valence-electron chi connectivity index (χ0n) is 11.6. The van der Waals surface area contributed by atoms with Crippen molar-refractivity contribution in [2.75, 3.05) is 0 Å². The maximum atomic E-state index is 2.25. The number of benzene rings is 3. The predicted octanol–water partition coefficient (Wildman–Crippen LogP) is 4.32. The van der Waals surface area contributed by atoms with Crippen molar-refractivity contribution in [3.8, 4) is 0 Å². The topological polar surface area (TPSA) is 0 Å². The molecule has 3 rings (SSSR count). The first-order valence-corrected chi connectivity index (χ1v) is 8.38. The molecule has 107 valence electrons. The van der Waals surface area contributed by atoms with E-state index in [9.17, 15) is 0 Å². The Labute approximate surface area is 141 Å². The molecular weight excluding hydrogens is 451 g/mol.